The molecule has 0 aromatic carbocycles. The fourth-order valence-electron chi connectivity index (χ4n) is 1.86. The van der Waals surface area contributed by atoms with Gasteiger partial charge in [0.15, 0.2) is 10.9 Å². The zero-order chi connectivity index (χ0) is 19.4. The van der Waals surface area contributed by atoms with E-state index in [1.165, 1.54) is 6.92 Å². The maximum atomic E-state index is 12.5. The monoisotopic (exact) mass is 390 g/mol. The lowest BCUT2D eigenvalue weighted by Gasteiger charge is -2.21. The Morgan fingerprint density at radius 1 is 1.20 bits per heavy atom. The number of hydrogen-bond acceptors (Lipinski definition) is 8. The van der Waals surface area contributed by atoms with Gasteiger partial charge in [0, 0.05) is 13.3 Å². The fourth-order valence-corrected chi connectivity index (χ4v) is 3.29. The number of thioether (sulfide) groups is 2. The molecule has 0 radical (unpaired) electrons. The van der Waals surface area contributed by atoms with Gasteiger partial charge in [-0.1, -0.05) is 11.8 Å². The van der Waals surface area contributed by atoms with Crippen LogP contribution in [0.4, 0.5) is 0 Å². The first-order chi connectivity index (χ1) is 11.7. The fraction of sp³-hybridized carbons (Fsp3) is 0.688. The van der Waals surface area contributed by atoms with Gasteiger partial charge in [-0.05, 0) is 38.7 Å². The van der Waals surface area contributed by atoms with Crippen molar-refractivity contribution >= 4 is 52.5 Å². The van der Waals surface area contributed by atoms with Gasteiger partial charge >= 0.3 is 5.97 Å². The van der Waals surface area contributed by atoms with Crippen LogP contribution in [-0.4, -0.2) is 58.4 Å². The SMILES string of the molecule is CSCC[C@H](SC(C)=O)C(=O)N[C@@H](CCC(=O)C=N)C(=O)OC(C)C. The van der Waals surface area contributed by atoms with Crippen molar-refractivity contribution in [2.75, 3.05) is 12.0 Å². The number of ketones is 1. The molecule has 0 heterocycles. The third kappa shape index (κ3) is 11.0. The molecule has 2 N–H and O–H groups in total. The first kappa shape index (κ1) is 23.6. The predicted octanol–water partition coefficient (Wildman–Crippen LogP) is 1.82. The molecule has 0 aromatic heterocycles. The molecule has 0 aliphatic carbocycles. The summed E-state index contributed by atoms with van der Waals surface area (Å²) in [5.74, 6) is -0.792. The van der Waals surface area contributed by atoms with Crippen molar-refractivity contribution < 1.29 is 23.9 Å². The Morgan fingerprint density at radius 3 is 2.32 bits per heavy atom. The maximum absolute atomic E-state index is 12.5. The van der Waals surface area contributed by atoms with E-state index in [0.29, 0.717) is 18.4 Å². The average Bonchev–Trinajstić information content (AvgIpc) is 2.53. The Morgan fingerprint density at radius 2 is 1.84 bits per heavy atom. The van der Waals surface area contributed by atoms with Gasteiger partial charge in [0.05, 0.1) is 17.6 Å². The zero-order valence-electron chi connectivity index (χ0n) is 15.0. The largest absolute Gasteiger partial charge is 0.461 e. The molecule has 1 amide bonds. The molecule has 0 saturated carbocycles. The molecule has 142 valence electrons. The first-order valence-electron chi connectivity index (χ1n) is 7.91. The van der Waals surface area contributed by atoms with Crippen LogP contribution in [0.5, 0.6) is 0 Å². The van der Waals surface area contributed by atoms with Crippen LogP contribution < -0.4 is 5.32 Å². The van der Waals surface area contributed by atoms with Gasteiger partial charge in [0.1, 0.15) is 6.04 Å². The van der Waals surface area contributed by atoms with Crippen molar-refractivity contribution in [1.29, 1.82) is 5.41 Å². The summed E-state index contributed by atoms with van der Waals surface area (Å²) in [6.07, 6.45) is 2.72. The molecule has 9 heteroatoms. The van der Waals surface area contributed by atoms with Crippen molar-refractivity contribution in [3.05, 3.63) is 0 Å². The second-order valence-corrected chi connectivity index (χ2v) is 7.94. The molecule has 0 unspecified atom stereocenters. The molecule has 0 spiro atoms. The summed E-state index contributed by atoms with van der Waals surface area (Å²) in [5, 5.41) is 8.73. The lowest BCUT2D eigenvalue weighted by atomic mass is 10.1. The van der Waals surface area contributed by atoms with Gasteiger partial charge in [-0.25, -0.2) is 4.79 Å². The van der Waals surface area contributed by atoms with E-state index in [0.717, 1.165) is 11.8 Å². The van der Waals surface area contributed by atoms with Crippen molar-refractivity contribution in [3.63, 3.8) is 0 Å². The highest BCUT2D eigenvalue weighted by atomic mass is 32.2. The van der Waals surface area contributed by atoms with E-state index in [-0.39, 0.29) is 24.1 Å². The lowest BCUT2D eigenvalue weighted by molar-refractivity contribution is -0.151. The van der Waals surface area contributed by atoms with E-state index in [4.69, 9.17) is 10.1 Å². The minimum Gasteiger partial charge on any atom is -0.461 e. The van der Waals surface area contributed by atoms with Gasteiger partial charge in [0.2, 0.25) is 5.91 Å². The summed E-state index contributed by atoms with van der Waals surface area (Å²) in [6.45, 7) is 4.76. The van der Waals surface area contributed by atoms with E-state index in [2.05, 4.69) is 5.32 Å². The van der Waals surface area contributed by atoms with E-state index in [1.807, 2.05) is 6.26 Å². The topological polar surface area (TPSA) is 113 Å². The number of carbonyl (C=O) groups excluding carboxylic acids is 4. The van der Waals surface area contributed by atoms with Crippen LogP contribution in [0.3, 0.4) is 0 Å². The van der Waals surface area contributed by atoms with Gasteiger partial charge in [-0.15, -0.1) is 0 Å². The summed E-state index contributed by atoms with van der Waals surface area (Å²) < 4.78 is 5.12. The summed E-state index contributed by atoms with van der Waals surface area (Å²) >= 11 is 2.48. The van der Waals surface area contributed by atoms with Crippen LogP contribution in [0.25, 0.3) is 0 Å². The summed E-state index contributed by atoms with van der Waals surface area (Å²) in [4.78, 5) is 47.3. The van der Waals surface area contributed by atoms with Gasteiger partial charge in [0.25, 0.3) is 0 Å². The van der Waals surface area contributed by atoms with Crippen LogP contribution in [0.2, 0.25) is 0 Å². The maximum Gasteiger partial charge on any atom is 0.328 e. The van der Waals surface area contributed by atoms with E-state index in [9.17, 15) is 19.2 Å². The number of ether oxygens (including phenoxy) is 1. The third-order valence-electron chi connectivity index (χ3n) is 2.98. The molecule has 7 nitrogen and oxygen atoms in total. The molecule has 0 fully saturated rings. The van der Waals surface area contributed by atoms with E-state index < -0.39 is 29.0 Å². The third-order valence-corrected chi connectivity index (χ3v) is 4.69. The standard InChI is InChI=1S/C16H26N2O5S2/c1-10(2)23-16(22)13(6-5-12(20)9-17)18-15(21)14(7-8-24-4)25-11(3)19/h9-10,13-14,17H,5-8H2,1-4H3,(H,18,21)/t13-,14-/m0/s1. The molecule has 0 aromatic rings. The summed E-state index contributed by atoms with van der Waals surface area (Å²) in [6, 6.07) is -0.983. The number of hydrogen-bond donors (Lipinski definition) is 2. The molecule has 0 aliphatic heterocycles. The predicted molar refractivity (Wildman–Crippen MR) is 101 cm³/mol. The summed E-state index contributed by atoms with van der Waals surface area (Å²) in [7, 11) is 0. The molecule has 0 aliphatic rings. The second-order valence-electron chi connectivity index (χ2n) is 5.58. The van der Waals surface area contributed by atoms with Crippen LogP contribution in [-0.2, 0) is 23.9 Å². The Balaban J connectivity index is 5.04. The van der Waals surface area contributed by atoms with Crippen molar-refractivity contribution in [1.82, 2.24) is 5.32 Å². The lowest BCUT2D eigenvalue weighted by Crippen LogP contribution is -2.46. The normalized spacial score (nSPS) is 13.0. The zero-order valence-corrected chi connectivity index (χ0v) is 16.6. The highest BCUT2D eigenvalue weighted by molar-refractivity contribution is 8.14. The van der Waals surface area contributed by atoms with Crippen LogP contribution in [0, 0.1) is 5.41 Å². The molecular formula is C16H26N2O5S2. The smallest absolute Gasteiger partial charge is 0.328 e. The molecule has 0 bridgehead atoms. The molecule has 2 atom stereocenters. The van der Waals surface area contributed by atoms with Crippen LogP contribution >= 0.6 is 23.5 Å². The van der Waals surface area contributed by atoms with Crippen LogP contribution in [0.1, 0.15) is 40.0 Å². The van der Waals surface area contributed by atoms with E-state index >= 15 is 0 Å². The quantitative estimate of drug-likeness (QED) is 0.386. The first-order valence-corrected chi connectivity index (χ1v) is 10.2. The van der Waals surface area contributed by atoms with E-state index in [1.54, 1.807) is 25.6 Å². The molecular weight excluding hydrogens is 364 g/mol. The van der Waals surface area contributed by atoms with Gasteiger partial charge < -0.3 is 15.5 Å². The Kier molecular flexibility index (Phi) is 12.2. The van der Waals surface area contributed by atoms with Gasteiger partial charge in [-0.3, -0.25) is 14.4 Å². The number of nitrogens with one attached hydrogen (secondary N) is 2. The minimum atomic E-state index is -0.983. The highest BCUT2D eigenvalue weighted by Crippen LogP contribution is 2.18. The minimum absolute atomic E-state index is 0.0447. The molecule has 25 heavy (non-hydrogen) atoms. The van der Waals surface area contributed by atoms with Crippen molar-refractivity contribution in [2.24, 2.45) is 0 Å². The number of amides is 1. The number of Topliss-reactive ketones (excluding diaryl/α,β-unsaturated/α-hetero) is 1. The Hall–Kier alpha value is -1.35. The van der Waals surface area contributed by atoms with Crippen molar-refractivity contribution in [2.45, 2.75) is 57.4 Å². The average molecular weight is 391 g/mol. The molecule has 0 rings (SSSR count). The Labute approximate surface area is 156 Å². The molecule has 0 saturated heterocycles. The summed E-state index contributed by atoms with van der Waals surface area (Å²) in [5.41, 5.74) is 0. The van der Waals surface area contributed by atoms with Gasteiger partial charge in [-0.2, -0.15) is 11.8 Å². The number of carbonyl (C=O) groups is 4. The van der Waals surface area contributed by atoms with Crippen molar-refractivity contribution in [3.8, 4) is 0 Å². The second kappa shape index (κ2) is 12.9. The number of esters is 1. The highest BCUT2D eigenvalue weighted by Gasteiger charge is 2.28. The van der Waals surface area contributed by atoms with Crippen LogP contribution in [0.15, 0.2) is 0 Å². The Bertz CT molecular complexity index is 497. The number of rotatable bonds is 12.